The Morgan fingerprint density at radius 3 is 2.43 bits per heavy atom. The zero-order valence-corrected chi connectivity index (χ0v) is 13.1. The van der Waals surface area contributed by atoms with Gasteiger partial charge in [0.25, 0.3) is 5.91 Å². The molecule has 9 nitrogen and oxygen atoms in total. The number of nitrogens with two attached hydrogens (primary N) is 2. The summed E-state index contributed by atoms with van der Waals surface area (Å²) < 4.78 is 5.88. The summed E-state index contributed by atoms with van der Waals surface area (Å²) in [4.78, 5) is 34.9. The number of primary amides is 1. The van der Waals surface area contributed by atoms with Crippen LogP contribution in [0, 0.1) is 0 Å². The van der Waals surface area contributed by atoms with Crippen LogP contribution in [0.4, 0.5) is 0 Å². The van der Waals surface area contributed by atoms with Gasteiger partial charge in [-0.3, -0.25) is 14.3 Å². The number of amides is 1. The summed E-state index contributed by atoms with van der Waals surface area (Å²) in [7, 11) is 1.14. The molecule has 2 atom stereocenters. The van der Waals surface area contributed by atoms with Crippen molar-refractivity contribution in [3.8, 4) is 5.75 Å². The highest BCUT2D eigenvalue weighted by molar-refractivity contribution is 5.95. The lowest BCUT2D eigenvalue weighted by molar-refractivity contribution is 0.0680. The van der Waals surface area contributed by atoms with E-state index in [2.05, 4.69) is 5.43 Å². The van der Waals surface area contributed by atoms with Crippen molar-refractivity contribution in [2.45, 2.75) is 25.9 Å². The number of carbonyl (C=O) groups excluding carboxylic acids is 1. The molecule has 0 aromatic carbocycles. The van der Waals surface area contributed by atoms with Crippen LogP contribution < -0.4 is 27.1 Å². The lowest BCUT2D eigenvalue weighted by atomic mass is 10.2. The largest absolute Gasteiger partial charge is 0.490 e. The molecule has 23 heavy (non-hydrogen) atoms. The summed E-state index contributed by atoms with van der Waals surface area (Å²) in [5, 5.41) is 9.33. The Balaban J connectivity index is 3.44. The number of carbonyl (C=O) groups is 2. The number of rotatable bonds is 7. The predicted molar refractivity (Wildman–Crippen MR) is 84.3 cm³/mol. The smallest absolute Gasteiger partial charge is 0.358 e. The Morgan fingerprint density at radius 1 is 1.39 bits per heavy atom. The van der Waals surface area contributed by atoms with Crippen LogP contribution in [0.3, 0.4) is 0 Å². The van der Waals surface area contributed by atoms with E-state index in [4.69, 9.17) is 16.2 Å². The van der Waals surface area contributed by atoms with Crippen LogP contribution in [0.15, 0.2) is 23.1 Å². The van der Waals surface area contributed by atoms with E-state index in [0.717, 1.165) is 18.0 Å². The third kappa shape index (κ3) is 4.33. The van der Waals surface area contributed by atoms with E-state index in [1.807, 2.05) is 0 Å². The lowest BCUT2D eigenvalue weighted by Gasteiger charge is -2.19. The summed E-state index contributed by atoms with van der Waals surface area (Å²) in [6.45, 7) is 3.51. The summed E-state index contributed by atoms with van der Waals surface area (Å²) in [6, 6.07) is -0.519. The Labute approximate surface area is 132 Å². The van der Waals surface area contributed by atoms with Gasteiger partial charge in [0.2, 0.25) is 5.43 Å². The predicted octanol–water partition coefficient (Wildman–Crippen LogP) is -0.511. The van der Waals surface area contributed by atoms with Crippen LogP contribution >= 0.6 is 0 Å². The highest BCUT2D eigenvalue weighted by Crippen LogP contribution is 2.14. The van der Waals surface area contributed by atoms with Gasteiger partial charge in [0.15, 0.2) is 11.4 Å². The van der Waals surface area contributed by atoms with Gasteiger partial charge in [-0.25, -0.2) is 4.79 Å². The number of hydrogen-bond donors (Lipinski definition) is 4. The molecule has 126 valence electrons. The van der Waals surface area contributed by atoms with Crippen molar-refractivity contribution in [2.75, 3.05) is 12.5 Å². The highest BCUT2D eigenvalue weighted by Gasteiger charge is 2.24. The topological polar surface area (TPSA) is 150 Å². The molecule has 9 heteroatoms. The number of hydrogen-bond acceptors (Lipinski definition) is 6. The number of aromatic carboxylic acids is 1. The van der Waals surface area contributed by atoms with Gasteiger partial charge in [0, 0.05) is 12.2 Å². The number of methoxy groups -OCH3 is 1. The number of ether oxygens (including phenoxy) is 1. The fourth-order valence-electron chi connectivity index (χ4n) is 1.86. The summed E-state index contributed by atoms with van der Waals surface area (Å²) in [5.74, 6) is -2.87. The SMILES string of the molecule is COc1c(C(=O)O)n(N[C@H](C)/C=C\[C@H](C)N)cc(C(N)=O)c1=O. The van der Waals surface area contributed by atoms with E-state index in [1.54, 1.807) is 26.0 Å². The maximum absolute atomic E-state index is 12.1. The molecule has 0 aliphatic carbocycles. The standard InChI is InChI=1S/C14H20N4O5/c1-7(15)4-5-8(2)17-18-6-9(13(16)20)11(19)12(23-3)10(18)14(21)22/h4-8,17H,15H2,1-3H3,(H2,16,20)(H,21,22)/b5-4-/t7-,8+/m0/s1. The molecule has 0 fully saturated rings. The summed E-state index contributed by atoms with van der Waals surface area (Å²) in [5.41, 5.74) is 11.9. The molecule has 1 rings (SSSR count). The molecule has 0 radical (unpaired) electrons. The van der Waals surface area contributed by atoms with Gasteiger partial charge in [-0.1, -0.05) is 12.2 Å². The van der Waals surface area contributed by atoms with Crippen LogP contribution in [-0.2, 0) is 0 Å². The normalized spacial score (nSPS) is 13.6. The van der Waals surface area contributed by atoms with Crippen molar-refractivity contribution < 1.29 is 19.4 Å². The first-order valence-corrected chi connectivity index (χ1v) is 6.76. The number of pyridine rings is 1. The molecule has 0 saturated carbocycles. The van der Waals surface area contributed by atoms with Gasteiger partial charge in [-0.15, -0.1) is 0 Å². The maximum Gasteiger partial charge on any atom is 0.358 e. The van der Waals surface area contributed by atoms with Crippen LogP contribution in [0.2, 0.25) is 0 Å². The Kier molecular flexibility index (Phi) is 5.91. The molecule has 0 unspecified atom stereocenters. The quantitative estimate of drug-likeness (QED) is 0.493. The van der Waals surface area contributed by atoms with E-state index in [-0.39, 0.29) is 17.6 Å². The zero-order valence-electron chi connectivity index (χ0n) is 13.1. The van der Waals surface area contributed by atoms with Crippen molar-refractivity contribution in [3.05, 3.63) is 39.8 Å². The first-order valence-electron chi connectivity index (χ1n) is 6.76. The van der Waals surface area contributed by atoms with Crippen LogP contribution in [0.25, 0.3) is 0 Å². The molecule has 1 aromatic rings. The average Bonchev–Trinajstić information content (AvgIpc) is 2.45. The van der Waals surface area contributed by atoms with Crippen LogP contribution in [-0.4, -0.2) is 40.9 Å². The number of nitrogens with zero attached hydrogens (tertiary/aromatic N) is 1. The van der Waals surface area contributed by atoms with Crippen molar-refractivity contribution in [1.29, 1.82) is 0 Å². The Morgan fingerprint density at radius 2 is 2.00 bits per heavy atom. The summed E-state index contributed by atoms with van der Waals surface area (Å²) in [6.07, 6.45) is 4.46. The molecule has 0 aliphatic rings. The fraction of sp³-hybridized carbons (Fsp3) is 0.357. The van der Waals surface area contributed by atoms with Gasteiger partial charge >= 0.3 is 5.97 Å². The molecule has 1 heterocycles. The number of carboxylic acid groups (broad SMARTS) is 1. The number of nitrogens with one attached hydrogen (secondary N) is 1. The van der Waals surface area contributed by atoms with Crippen molar-refractivity contribution in [1.82, 2.24) is 4.68 Å². The van der Waals surface area contributed by atoms with E-state index in [9.17, 15) is 19.5 Å². The molecular weight excluding hydrogens is 304 g/mol. The molecule has 6 N–H and O–H groups in total. The fourth-order valence-corrected chi connectivity index (χ4v) is 1.86. The molecule has 0 bridgehead atoms. The number of carboxylic acids is 1. The monoisotopic (exact) mass is 324 g/mol. The van der Waals surface area contributed by atoms with Gasteiger partial charge in [0.05, 0.1) is 13.2 Å². The molecule has 0 spiro atoms. The van der Waals surface area contributed by atoms with Gasteiger partial charge in [-0.05, 0) is 13.8 Å². The van der Waals surface area contributed by atoms with Gasteiger partial charge < -0.3 is 26.7 Å². The van der Waals surface area contributed by atoms with E-state index >= 15 is 0 Å². The first kappa shape index (κ1) is 18.2. The molecule has 1 amide bonds. The van der Waals surface area contributed by atoms with E-state index in [0.29, 0.717) is 0 Å². The summed E-state index contributed by atoms with van der Waals surface area (Å²) >= 11 is 0. The minimum Gasteiger partial charge on any atom is -0.490 e. The molecule has 0 aliphatic heterocycles. The van der Waals surface area contributed by atoms with Crippen molar-refractivity contribution in [3.63, 3.8) is 0 Å². The molecule has 1 aromatic heterocycles. The second kappa shape index (κ2) is 7.45. The molecular formula is C14H20N4O5. The molecule has 0 saturated heterocycles. The Bertz CT molecular complexity index is 693. The van der Waals surface area contributed by atoms with E-state index < -0.39 is 28.7 Å². The van der Waals surface area contributed by atoms with E-state index in [1.165, 1.54) is 0 Å². The highest BCUT2D eigenvalue weighted by atomic mass is 16.5. The minimum atomic E-state index is -1.40. The van der Waals surface area contributed by atoms with Crippen LogP contribution in [0.5, 0.6) is 5.75 Å². The minimum absolute atomic E-state index is 0.178. The lowest BCUT2D eigenvalue weighted by Crippen LogP contribution is -2.34. The third-order valence-corrected chi connectivity index (χ3v) is 2.88. The number of aromatic nitrogens is 1. The van der Waals surface area contributed by atoms with Gasteiger partial charge in [-0.2, -0.15) is 0 Å². The maximum atomic E-state index is 12.1. The second-order valence-corrected chi connectivity index (χ2v) is 4.95. The average molecular weight is 324 g/mol. The second-order valence-electron chi connectivity index (χ2n) is 4.95. The van der Waals surface area contributed by atoms with Crippen LogP contribution in [0.1, 0.15) is 34.7 Å². The zero-order chi connectivity index (χ0) is 17.7. The first-order chi connectivity index (χ1) is 10.7. The third-order valence-electron chi connectivity index (χ3n) is 2.88. The Hall–Kier alpha value is -2.81. The van der Waals surface area contributed by atoms with Crippen molar-refractivity contribution in [2.24, 2.45) is 11.5 Å². The van der Waals surface area contributed by atoms with Gasteiger partial charge in [0.1, 0.15) is 5.56 Å². The van der Waals surface area contributed by atoms with Crippen molar-refractivity contribution >= 4 is 11.9 Å².